The molecule has 0 aliphatic carbocycles. The third-order valence-electron chi connectivity index (χ3n) is 0. The predicted octanol–water partition coefficient (Wildman–Crippen LogP) is -0.216. The Morgan fingerprint density at radius 2 is 1.67 bits per heavy atom. The number of carboxylic acids is 1. The molecule has 1 N–H and O–H groups in total. The van der Waals surface area contributed by atoms with Gasteiger partial charge in [0.1, 0.15) is 0 Å². The largest absolute Gasteiger partial charge is 3.00 e. The minimum atomic E-state index is -1.08. The van der Waals surface area contributed by atoms with Crippen LogP contribution in [0.4, 0.5) is 0 Å². The molecule has 0 bridgehead atoms. The van der Waals surface area contributed by atoms with Crippen molar-refractivity contribution >= 4 is 5.97 Å². The van der Waals surface area contributed by atoms with Gasteiger partial charge in [0.05, 0.1) is 0 Å². The fraction of sp³-hybridized carbons (Fsp3) is 0. The van der Waals surface area contributed by atoms with Gasteiger partial charge in [0.15, 0.2) is 5.97 Å². The van der Waals surface area contributed by atoms with Gasteiger partial charge in [0.25, 0.3) is 0 Å². The van der Waals surface area contributed by atoms with Crippen molar-refractivity contribution in [2.75, 3.05) is 0 Å². The summed E-state index contributed by atoms with van der Waals surface area (Å²) in [6.45, 7) is 2.56. The molecular formula is C2H3FeO3. The van der Waals surface area contributed by atoms with Gasteiger partial charge >= 0.3 is 17.1 Å². The van der Waals surface area contributed by atoms with Gasteiger partial charge in [-0.15, -0.1) is 0 Å². The third-order valence-corrected chi connectivity index (χ3v) is 0. The second-order valence-corrected chi connectivity index (χ2v) is 0.394. The number of rotatable bonds is 0. The zero-order valence-electron chi connectivity index (χ0n) is 2.82. The first-order chi connectivity index (χ1) is 1.73. The maximum atomic E-state index is 8.89. The summed E-state index contributed by atoms with van der Waals surface area (Å²) in [6, 6.07) is 0. The Bertz CT molecular complexity index is 31.8. The Hall–Kier alpha value is -0.181. The topological polar surface area (TPSA) is 65.8 Å². The molecule has 0 aromatic rings. The average Bonchev–Trinajstić information content (AvgIpc) is 0.811. The van der Waals surface area contributed by atoms with Crippen LogP contribution in [-0.2, 0) is 27.3 Å². The van der Waals surface area contributed by atoms with Gasteiger partial charge in [-0.3, -0.25) is 11.7 Å². The normalized spacial score (nSPS) is 4.00. The molecule has 0 aromatic heterocycles. The SMILES string of the molecule is [CH2-]C(=O)O.[Fe+3].[O-2]. The fourth-order valence-electron chi connectivity index (χ4n) is 0. The van der Waals surface area contributed by atoms with Crippen LogP contribution < -0.4 is 0 Å². The van der Waals surface area contributed by atoms with Gasteiger partial charge < -0.3 is 10.6 Å². The van der Waals surface area contributed by atoms with E-state index in [1.165, 1.54) is 0 Å². The molecule has 1 radical (unpaired) electrons. The van der Waals surface area contributed by atoms with E-state index in [-0.39, 0.29) is 22.5 Å². The number of hydrogen-bond acceptors (Lipinski definition) is 1. The zero-order valence-corrected chi connectivity index (χ0v) is 3.93. The molecule has 0 spiro atoms. The van der Waals surface area contributed by atoms with Crippen molar-refractivity contribution in [3.05, 3.63) is 6.92 Å². The van der Waals surface area contributed by atoms with Crippen LogP contribution in [0.5, 0.6) is 0 Å². The summed E-state index contributed by atoms with van der Waals surface area (Å²) in [5.74, 6) is -1.08. The van der Waals surface area contributed by atoms with Crippen molar-refractivity contribution in [3.8, 4) is 0 Å². The zero-order chi connectivity index (χ0) is 3.58. The molecular weight excluding hydrogens is 128 g/mol. The first kappa shape index (κ1) is 17.0. The molecule has 37 valence electrons. The van der Waals surface area contributed by atoms with Crippen molar-refractivity contribution in [3.63, 3.8) is 0 Å². The molecule has 0 atom stereocenters. The van der Waals surface area contributed by atoms with Crippen LogP contribution in [0, 0.1) is 6.92 Å². The van der Waals surface area contributed by atoms with E-state index in [0.717, 1.165) is 0 Å². The molecule has 0 aliphatic rings. The van der Waals surface area contributed by atoms with Gasteiger partial charge in [-0.1, -0.05) is 0 Å². The number of carbonyl (C=O) groups is 1. The Morgan fingerprint density at radius 3 is 1.67 bits per heavy atom. The Kier molecular flexibility index (Phi) is 25.1. The van der Waals surface area contributed by atoms with Crippen LogP contribution in [0.15, 0.2) is 0 Å². The monoisotopic (exact) mass is 131 g/mol. The van der Waals surface area contributed by atoms with Gasteiger partial charge in [0, 0.05) is 0 Å². The number of aliphatic carboxylic acids is 1. The van der Waals surface area contributed by atoms with Crippen LogP contribution >= 0.6 is 0 Å². The van der Waals surface area contributed by atoms with Gasteiger partial charge in [0.2, 0.25) is 0 Å². The summed E-state index contributed by atoms with van der Waals surface area (Å²) in [7, 11) is 0. The van der Waals surface area contributed by atoms with Crippen LogP contribution in [0.3, 0.4) is 0 Å². The molecule has 0 fully saturated rings. The van der Waals surface area contributed by atoms with E-state index in [9.17, 15) is 0 Å². The van der Waals surface area contributed by atoms with Crippen molar-refractivity contribution in [2.24, 2.45) is 0 Å². The quantitative estimate of drug-likeness (QED) is 0.364. The Balaban J connectivity index is -0.0000000450. The van der Waals surface area contributed by atoms with Gasteiger partial charge in [-0.25, -0.2) is 0 Å². The van der Waals surface area contributed by atoms with E-state index in [1.807, 2.05) is 0 Å². The van der Waals surface area contributed by atoms with Crippen LogP contribution in [0.25, 0.3) is 0 Å². The molecule has 4 heteroatoms. The van der Waals surface area contributed by atoms with Crippen molar-refractivity contribution < 1.29 is 32.4 Å². The number of carboxylic acid groups (broad SMARTS) is 1. The molecule has 0 saturated carbocycles. The Morgan fingerprint density at radius 1 is 1.67 bits per heavy atom. The van der Waals surface area contributed by atoms with E-state index >= 15 is 0 Å². The minimum absolute atomic E-state index is 0. The molecule has 6 heavy (non-hydrogen) atoms. The minimum Gasteiger partial charge on any atom is -2.00 e. The summed E-state index contributed by atoms with van der Waals surface area (Å²) in [6.07, 6.45) is 0. The van der Waals surface area contributed by atoms with E-state index in [2.05, 4.69) is 6.92 Å². The van der Waals surface area contributed by atoms with Crippen LogP contribution in [0.2, 0.25) is 0 Å². The van der Waals surface area contributed by atoms with E-state index in [4.69, 9.17) is 9.90 Å². The second-order valence-electron chi connectivity index (χ2n) is 0.394. The first-order valence-electron chi connectivity index (χ1n) is 0.781. The molecule has 0 aliphatic heterocycles. The third kappa shape index (κ3) is 932. The standard InChI is InChI=1S/C2H3O2.Fe.O/c1-2(3)4;;/h1H2,(H,3,4);;/q-1;+3;-2. The van der Waals surface area contributed by atoms with Crippen molar-refractivity contribution in [1.82, 2.24) is 0 Å². The maximum absolute atomic E-state index is 8.89. The maximum Gasteiger partial charge on any atom is 3.00 e. The summed E-state index contributed by atoms with van der Waals surface area (Å²) < 4.78 is 0. The first-order valence-corrected chi connectivity index (χ1v) is 0.781. The molecule has 0 aromatic carbocycles. The molecule has 0 heterocycles. The molecule has 0 saturated heterocycles. The van der Waals surface area contributed by atoms with Crippen molar-refractivity contribution in [1.29, 1.82) is 0 Å². The van der Waals surface area contributed by atoms with Crippen LogP contribution in [-0.4, -0.2) is 11.1 Å². The molecule has 0 amide bonds. The summed E-state index contributed by atoms with van der Waals surface area (Å²) >= 11 is 0. The predicted molar refractivity (Wildman–Crippen MR) is 13.7 cm³/mol. The van der Waals surface area contributed by atoms with Crippen molar-refractivity contribution in [2.45, 2.75) is 0 Å². The van der Waals surface area contributed by atoms with E-state index in [1.54, 1.807) is 0 Å². The second kappa shape index (κ2) is 8.84. The average molecular weight is 131 g/mol. The molecule has 3 nitrogen and oxygen atoms in total. The summed E-state index contributed by atoms with van der Waals surface area (Å²) in [5.41, 5.74) is 0. The van der Waals surface area contributed by atoms with E-state index < -0.39 is 5.97 Å². The smallest absolute Gasteiger partial charge is 2.00 e. The van der Waals surface area contributed by atoms with E-state index in [0.29, 0.717) is 0 Å². The summed E-state index contributed by atoms with van der Waals surface area (Å²) in [5, 5.41) is 7.31. The molecule has 0 unspecified atom stereocenters. The summed E-state index contributed by atoms with van der Waals surface area (Å²) in [4.78, 5) is 8.89. The molecule has 0 rings (SSSR count). The van der Waals surface area contributed by atoms with Gasteiger partial charge in [-0.2, -0.15) is 0 Å². The fourth-order valence-corrected chi connectivity index (χ4v) is 0. The number of hydrogen-bond donors (Lipinski definition) is 1. The van der Waals surface area contributed by atoms with Gasteiger partial charge in [-0.05, 0) is 0 Å². The Labute approximate surface area is 46.1 Å². The van der Waals surface area contributed by atoms with Crippen LogP contribution in [0.1, 0.15) is 0 Å².